The summed E-state index contributed by atoms with van der Waals surface area (Å²) in [4.78, 5) is 22.0. The minimum atomic E-state index is -0.878. The molecule has 0 aromatic heterocycles. The maximum Gasteiger partial charge on any atom is 0.315 e. The van der Waals surface area contributed by atoms with Gasteiger partial charge in [-0.25, -0.2) is 4.79 Å². The van der Waals surface area contributed by atoms with Gasteiger partial charge in [-0.1, -0.05) is 12.2 Å². The molecule has 16 heavy (non-hydrogen) atoms. The molecule has 1 saturated carbocycles. The molecule has 0 aliphatic heterocycles. The largest absolute Gasteiger partial charge is 0.481 e. The van der Waals surface area contributed by atoms with Crippen molar-refractivity contribution in [3.05, 3.63) is 12.2 Å². The van der Waals surface area contributed by atoms with Gasteiger partial charge >= 0.3 is 12.0 Å². The summed E-state index contributed by atoms with van der Waals surface area (Å²) >= 11 is 0. The molecule has 0 spiro atoms. The second kappa shape index (κ2) is 5.53. The molecular formula is C11H18N2O3. The van der Waals surface area contributed by atoms with Gasteiger partial charge in [0.05, 0.1) is 6.42 Å². The van der Waals surface area contributed by atoms with Gasteiger partial charge in [0.25, 0.3) is 0 Å². The number of aliphatic carboxylic acids is 1. The predicted octanol–water partition coefficient (Wildman–Crippen LogP) is 1.11. The van der Waals surface area contributed by atoms with Crippen LogP contribution in [-0.2, 0) is 4.79 Å². The molecule has 0 aromatic rings. The van der Waals surface area contributed by atoms with E-state index in [9.17, 15) is 9.59 Å². The first-order valence-electron chi connectivity index (χ1n) is 5.39. The average molecular weight is 226 g/mol. The zero-order valence-electron chi connectivity index (χ0n) is 9.45. The van der Waals surface area contributed by atoms with Crippen LogP contribution in [-0.4, -0.2) is 29.7 Å². The smallest absolute Gasteiger partial charge is 0.315 e. The molecule has 90 valence electrons. The van der Waals surface area contributed by atoms with Crippen LogP contribution in [0.4, 0.5) is 4.79 Å². The van der Waals surface area contributed by atoms with Crippen LogP contribution in [0.1, 0.15) is 26.2 Å². The lowest BCUT2D eigenvalue weighted by atomic mass is 10.1. The van der Waals surface area contributed by atoms with E-state index < -0.39 is 5.97 Å². The lowest BCUT2D eigenvalue weighted by Gasteiger charge is -2.16. The number of urea groups is 1. The molecule has 1 rings (SSSR count). The third-order valence-corrected chi connectivity index (χ3v) is 2.45. The Balaban J connectivity index is 2.33. The van der Waals surface area contributed by atoms with Crippen molar-refractivity contribution in [1.29, 1.82) is 0 Å². The van der Waals surface area contributed by atoms with Gasteiger partial charge in [-0.2, -0.15) is 0 Å². The molecular weight excluding hydrogens is 208 g/mol. The number of carbonyl (C=O) groups is 2. The molecule has 1 unspecified atom stereocenters. The first-order valence-corrected chi connectivity index (χ1v) is 5.39. The summed E-state index contributed by atoms with van der Waals surface area (Å²) in [6.07, 6.45) is 1.99. The summed E-state index contributed by atoms with van der Waals surface area (Å²) in [6, 6.07) is -0.566. The Morgan fingerprint density at radius 1 is 1.50 bits per heavy atom. The van der Waals surface area contributed by atoms with E-state index in [0.29, 0.717) is 12.5 Å². The number of carboxylic acid groups (broad SMARTS) is 1. The zero-order chi connectivity index (χ0) is 12.1. The van der Waals surface area contributed by atoms with Crippen molar-refractivity contribution in [1.82, 2.24) is 10.6 Å². The Labute approximate surface area is 94.9 Å². The minimum absolute atomic E-state index is 0.00877. The van der Waals surface area contributed by atoms with Crippen LogP contribution in [0.3, 0.4) is 0 Å². The van der Waals surface area contributed by atoms with Gasteiger partial charge in [0.2, 0.25) is 0 Å². The fourth-order valence-corrected chi connectivity index (χ4v) is 1.47. The average Bonchev–Trinajstić information content (AvgIpc) is 2.96. The molecule has 3 N–H and O–H groups in total. The summed E-state index contributed by atoms with van der Waals surface area (Å²) in [5.74, 6) is -0.552. The van der Waals surface area contributed by atoms with Gasteiger partial charge in [-0.05, 0) is 25.7 Å². The summed E-state index contributed by atoms with van der Waals surface area (Å²) in [7, 11) is 0. The summed E-state index contributed by atoms with van der Waals surface area (Å²) in [5.41, 5.74) is 0.858. The Morgan fingerprint density at radius 2 is 2.12 bits per heavy atom. The highest BCUT2D eigenvalue weighted by Crippen LogP contribution is 2.33. The van der Waals surface area contributed by atoms with Crippen LogP contribution in [0.25, 0.3) is 0 Å². The Hall–Kier alpha value is -1.52. The number of nitrogens with one attached hydrogen (secondary N) is 2. The van der Waals surface area contributed by atoms with Crippen molar-refractivity contribution in [3.8, 4) is 0 Å². The molecule has 1 atom stereocenters. The summed E-state index contributed by atoms with van der Waals surface area (Å²) in [6.45, 7) is 5.89. The second-order valence-corrected chi connectivity index (χ2v) is 4.33. The van der Waals surface area contributed by atoms with Gasteiger partial charge in [0.15, 0.2) is 0 Å². The topological polar surface area (TPSA) is 78.4 Å². The zero-order valence-corrected chi connectivity index (χ0v) is 9.45. The van der Waals surface area contributed by atoms with Crippen molar-refractivity contribution in [2.24, 2.45) is 5.92 Å². The van der Waals surface area contributed by atoms with Crippen LogP contribution in [0.15, 0.2) is 12.2 Å². The van der Waals surface area contributed by atoms with Crippen molar-refractivity contribution in [3.63, 3.8) is 0 Å². The number of rotatable bonds is 6. The molecule has 5 heteroatoms. The fraction of sp³-hybridized carbons (Fsp3) is 0.636. The van der Waals surface area contributed by atoms with Gasteiger partial charge in [0, 0.05) is 12.6 Å². The second-order valence-electron chi connectivity index (χ2n) is 4.33. The van der Waals surface area contributed by atoms with Crippen molar-refractivity contribution < 1.29 is 14.7 Å². The lowest BCUT2D eigenvalue weighted by Crippen LogP contribution is -2.44. The molecule has 1 aliphatic rings. The van der Waals surface area contributed by atoms with E-state index in [-0.39, 0.29) is 18.5 Å². The van der Waals surface area contributed by atoms with E-state index in [0.717, 1.165) is 18.4 Å². The van der Waals surface area contributed by atoms with Crippen molar-refractivity contribution in [2.75, 3.05) is 6.54 Å². The number of hydrogen-bond acceptors (Lipinski definition) is 2. The van der Waals surface area contributed by atoms with E-state index in [1.54, 1.807) is 0 Å². The molecule has 2 amide bonds. The Morgan fingerprint density at radius 3 is 2.56 bits per heavy atom. The molecule has 0 radical (unpaired) electrons. The molecule has 0 heterocycles. The lowest BCUT2D eigenvalue weighted by molar-refractivity contribution is -0.137. The van der Waals surface area contributed by atoms with Crippen LogP contribution < -0.4 is 10.6 Å². The van der Waals surface area contributed by atoms with Gasteiger partial charge in [0.1, 0.15) is 0 Å². The van der Waals surface area contributed by atoms with Gasteiger partial charge in [-0.15, -0.1) is 0 Å². The molecule has 1 aliphatic carbocycles. The summed E-state index contributed by atoms with van der Waals surface area (Å²) < 4.78 is 0. The number of carbonyl (C=O) groups excluding carboxylic acids is 1. The van der Waals surface area contributed by atoms with Gasteiger partial charge in [-0.3, -0.25) is 4.79 Å². The van der Waals surface area contributed by atoms with Crippen LogP contribution in [0.2, 0.25) is 0 Å². The first-order chi connectivity index (χ1) is 7.49. The number of carboxylic acids is 1. The van der Waals surface area contributed by atoms with Gasteiger partial charge < -0.3 is 15.7 Å². The minimum Gasteiger partial charge on any atom is -0.481 e. The van der Waals surface area contributed by atoms with E-state index in [1.807, 2.05) is 6.92 Å². The van der Waals surface area contributed by atoms with Crippen molar-refractivity contribution in [2.45, 2.75) is 32.2 Å². The van der Waals surface area contributed by atoms with E-state index in [1.165, 1.54) is 0 Å². The third kappa shape index (κ3) is 4.82. The Bertz CT molecular complexity index is 298. The van der Waals surface area contributed by atoms with Crippen LogP contribution in [0.5, 0.6) is 0 Å². The highest BCUT2D eigenvalue weighted by molar-refractivity contribution is 5.76. The fourth-order valence-electron chi connectivity index (χ4n) is 1.47. The first kappa shape index (κ1) is 12.5. The highest BCUT2D eigenvalue weighted by Gasteiger charge is 2.33. The standard InChI is InChI=1S/C11H18N2O3/c1-7(2)6-12-11(16)13-9(5-10(14)15)8-3-4-8/h8-9H,1,3-6H2,2H3,(H,14,15)(H2,12,13,16). The van der Waals surface area contributed by atoms with E-state index in [2.05, 4.69) is 17.2 Å². The normalized spacial score (nSPS) is 16.3. The molecule has 5 nitrogen and oxygen atoms in total. The molecule has 1 fully saturated rings. The van der Waals surface area contributed by atoms with E-state index in [4.69, 9.17) is 5.11 Å². The maximum absolute atomic E-state index is 11.4. The predicted molar refractivity (Wildman–Crippen MR) is 60.1 cm³/mol. The third-order valence-electron chi connectivity index (χ3n) is 2.45. The van der Waals surface area contributed by atoms with E-state index >= 15 is 0 Å². The summed E-state index contributed by atoms with van der Waals surface area (Å²) in [5, 5.41) is 14.0. The number of hydrogen-bond donors (Lipinski definition) is 3. The molecule has 0 saturated heterocycles. The highest BCUT2D eigenvalue weighted by atomic mass is 16.4. The van der Waals surface area contributed by atoms with Crippen molar-refractivity contribution >= 4 is 12.0 Å². The quantitative estimate of drug-likeness (QED) is 0.594. The molecule has 0 aromatic carbocycles. The molecule has 0 bridgehead atoms. The van der Waals surface area contributed by atoms with Crippen LogP contribution in [0, 0.1) is 5.92 Å². The Kier molecular flexibility index (Phi) is 4.34. The maximum atomic E-state index is 11.4. The SMILES string of the molecule is C=C(C)CNC(=O)NC(CC(=O)O)C1CC1. The number of amides is 2. The van der Waals surface area contributed by atoms with Crippen LogP contribution >= 0.6 is 0 Å². The monoisotopic (exact) mass is 226 g/mol.